The SMILES string of the molecule is C[C@@H]([C@@H](c1ccccc1)C1C=CC=C1)N(C)C. The van der Waals surface area contributed by atoms with Gasteiger partial charge in [-0.2, -0.15) is 0 Å². The molecule has 0 unspecified atom stereocenters. The molecule has 0 fully saturated rings. The highest BCUT2D eigenvalue weighted by Gasteiger charge is 2.27. The summed E-state index contributed by atoms with van der Waals surface area (Å²) in [7, 11) is 4.31. The van der Waals surface area contributed by atoms with Gasteiger partial charge in [-0.25, -0.2) is 0 Å². The van der Waals surface area contributed by atoms with E-state index in [1.165, 1.54) is 5.56 Å². The van der Waals surface area contributed by atoms with E-state index in [0.717, 1.165) is 0 Å². The lowest BCUT2D eigenvalue weighted by Crippen LogP contribution is -2.34. The van der Waals surface area contributed by atoms with E-state index in [1.807, 2.05) is 0 Å². The van der Waals surface area contributed by atoms with Crippen LogP contribution in [0.4, 0.5) is 0 Å². The van der Waals surface area contributed by atoms with Gasteiger partial charge in [0, 0.05) is 17.9 Å². The van der Waals surface area contributed by atoms with Crippen LogP contribution in [0.1, 0.15) is 18.4 Å². The van der Waals surface area contributed by atoms with Crippen LogP contribution in [0.5, 0.6) is 0 Å². The highest BCUT2D eigenvalue weighted by atomic mass is 15.1. The average molecular weight is 227 g/mol. The largest absolute Gasteiger partial charge is 0.306 e. The monoisotopic (exact) mass is 227 g/mol. The molecule has 0 aromatic heterocycles. The quantitative estimate of drug-likeness (QED) is 0.761. The summed E-state index contributed by atoms with van der Waals surface area (Å²) in [4.78, 5) is 2.30. The molecule has 0 saturated carbocycles. The third kappa shape index (κ3) is 2.67. The highest BCUT2D eigenvalue weighted by molar-refractivity contribution is 5.29. The minimum atomic E-state index is 0.523. The Bertz CT molecular complexity index is 391. The predicted molar refractivity (Wildman–Crippen MR) is 74.1 cm³/mol. The fourth-order valence-corrected chi connectivity index (χ4v) is 2.51. The molecule has 0 radical (unpaired) electrons. The fraction of sp³-hybridized carbons (Fsp3) is 0.375. The van der Waals surface area contributed by atoms with E-state index in [0.29, 0.717) is 17.9 Å². The second kappa shape index (κ2) is 5.33. The maximum Gasteiger partial charge on any atom is 0.0138 e. The normalized spacial score (nSPS) is 18.8. The fourth-order valence-electron chi connectivity index (χ4n) is 2.51. The Hall–Kier alpha value is -1.34. The van der Waals surface area contributed by atoms with Crippen molar-refractivity contribution in [1.82, 2.24) is 4.90 Å². The van der Waals surface area contributed by atoms with Gasteiger partial charge in [0.1, 0.15) is 0 Å². The Labute approximate surface area is 104 Å². The van der Waals surface area contributed by atoms with Crippen LogP contribution in [0.15, 0.2) is 54.6 Å². The van der Waals surface area contributed by atoms with Crippen molar-refractivity contribution in [1.29, 1.82) is 0 Å². The summed E-state index contributed by atoms with van der Waals surface area (Å²) in [6.45, 7) is 2.30. The third-order valence-corrected chi connectivity index (χ3v) is 3.71. The zero-order valence-corrected chi connectivity index (χ0v) is 10.9. The second-order valence-corrected chi connectivity index (χ2v) is 4.99. The van der Waals surface area contributed by atoms with Gasteiger partial charge < -0.3 is 4.90 Å². The summed E-state index contributed by atoms with van der Waals surface area (Å²) < 4.78 is 0. The first-order valence-electron chi connectivity index (χ1n) is 6.26. The average Bonchev–Trinajstić information content (AvgIpc) is 2.84. The van der Waals surface area contributed by atoms with Crippen LogP contribution in [-0.2, 0) is 0 Å². The van der Waals surface area contributed by atoms with Gasteiger partial charge in [0.15, 0.2) is 0 Å². The van der Waals surface area contributed by atoms with Crippen molar-refractivity contribution in [2.45, 2.75) is 18.9 Å². The van der Waals surface area contributed by atoms with E-state index in [4.69, 9.17) is 0 Å². The molecule has 2 rings (SSSR count). The molecule has 0 saturated heterocycles. The number of rotatable bonds is 4. The first kappa shape index (κ1) is 12.1. The van der Waals surface area contributed by atoms with Crippen LogP contribution >= 0.6 is 0 Å². The number of allylic oxidation sites excluding steroid dienone is 4. The van der Waals surface area contributed by atoms with Gasteiger partial charge >= 0.3 is 0 Å². The third-order valence-electron chi connectivity index (χ3n) is 3.71. The summed E-state index contributed by atoms with van der Waals surface area (Å²) in [5, 5.41) is 0. The summed E-state index contributed by atoms with van der Waals surface area (Å²) >= 11 is 0. The number of hydrogen-bond acceptors (Lipinski definition) is 1. The highest BCUT2D eigenvalue weighted by Crippen LogP contribution is 2.33. The maximum atomic E-state index is 2.30. The van der Waals surface area contributed by atoms with E-state index in [9.17, 15) is 0 Å². The number of likely N-dealkylation sites (N-methyl/N-ethyl adjacent to an activating group) is 1. The first-order valence-corrected chi connectivity index (χ1v) is 6.26. The molecule has 0 amide bonds. The molecule has 17 heavy (non-hydrogen) atoms. The van der Waals surface area contributed by atoms with Crippen LogP contribution in [0.25, 0.3) is 0 Å². The van der Waals surface area contributed by atoms with Crippen molar-refractivity contribution < 1.29 is 0 Å². The van der Waals surface area contributed by atoms with Crippen molar-refractivity contribution in [2.75, 3.05) is 14.1 Å². The number of nitrogens with zero attached hydrogens (tertiary/aromatic N) is 1. The molecular formula is C16H21N. The summed E-state index contributed by atoms with van der Waals surface area (Å²) in [5.41, 5.74) is 1.43. The molecule has 1 aromatic carbocycles. The molecular weight excluding hydrogens is 206 g/mol. The zero-order valence-electron chi connectivity index (χ0n) is 10.9. The number of benzene rings is 1. The standard InChI is InChI=1S/C16H21N/c1-13(17(2)3)16(15-11-7-8-12-15)14-9-5-4-6-10-14/h4-13,15-16H,1-3H3/t13-,16-/m0/s1. The van der Waals surface area contributed by atoms with Crippen molar-refractivity contribution in [2.24, 2.45) is 5.92 Å². The molecule has 1 aliphatic carbocycles. The van der Waals surface area contributed by atoms with Gasteiger partial charge in [0.25, 0.3) is 0 Å². The predicted octanol–water partition coefficient (Wildman–Crippen LogP) is 3.46. The topological polar surface area (TPSA) is 3.24 Å². The molecule has 0 heterocycles. The van der Waals surface area contributed by atoms with Crippen molar-refractivity contribution in [3.05, 3.63) is 60.2 Å². The van der Waals surface area contributed by atoms with Crippen molar-refractivity contribution in [3.63, 3.8) is 0 Å². The van der Waals surface area contributed by atoms with Gasteiger partial charge in [-0.3, -0.25) is 0 Å². The van der Waals surface area contributed by atoms with E-state index < -0.39 is 0 Å². The molecule has 0 bridgehead atoms. The van der Waals surface area contributed by atoms with E-state index in [1.54, 1.807) is 0 Å². The minimum Gasteiger partial charge on any atom is -0.306 e. The van der Waals surface area contributed by atoms with Crippen LogP contribution in [0.3, 0.4) is 0 Å². The van der Waals surface area contributed by atoms with Crippen LogP contribution in [0, 0.1) is 5.92 Å². The van der Waals surface area contributed by atoms with Gasteiger partial charge in [-0.15, -0.1) is 0 Å². The molecule has 1 heteroatoms. The van der Waals surface area contributed by atoms with E-state index in [2.05, 4.69) is 80.6 Å². The molecule has 0 aliphatic heterocycles. The second-order valence-electron chi connectivity index (χ2n) is 4.99. The van der Waals surface area contributed by atoms with Gasteiger partial charge in [-0.05, 0) is 26.6 Å². The molecule has 2 atom stereocenters. The molecule has 1 aromatic rings. The molecule has 1 aliphatic rings. The van der Waals surface area contributed by atoms with Crippen molar-refractivity contribution >= 4 is 0 Å². The molecule has 1 nitrogen and oxygen atoms in total. The van der Waals surface area contributed by atoms with Gasteiger partial charge in [-0.1, -0.05) is 54.6 Å². The number of hydrogen-bond donors (Lipinski definition) is 0. The van der Waals surface area contributed by atoms with Crippen LogP contribution in [0.2, 0.25) is 0 Å². The lowest BCUT2D eigenvalue weighted by Gasteiger charge is -2.32. The lowest BCUT2D eigenvalue weighted by atomic mass is 9.81. The van der Waals surface area contributed by atoms with Gasteiger partial charge in [0.2, 0.25) is 0 Å². The van der Waals surface area contributed by atoms with Crippen molar-refractivity contribution in [3.8, 4) is 0 Å². The van der Waals surface area contributed by atoms with E-state index in [-0.39, 0.29) is 0 Å². The Morgan fingerprint density at radius 2 is 1.59 bits per heavy atom. The Balaban J connectivity index is 2.30. The zero-order chi connectivity index (χ0) is 12.3. The molecule has 0 spiro atoms. The summed E-state index contributed by atoms with van der Waals surface area (Å²) in [5.74, 6) is 1.05. The Kier molecular flexibility index (Phi) is 3.80. The maximum absolute atomic E-state index is 2.30. The lowest BCUT2D eigenvalue weighted by molar-refractivity contribution is 0.255. The summed E-state index contributed by atoms with van der Waals surface area (Å²) in [6.07, 6.45) is 8.92. The first-order chi connectivity index (χ1) is 8.20. The van der Waals surface area contributed by atoms with Gasteiger partial charge in [0.05, 0.1) is 0 Å². The molecule has 0 N–H and O–H groups in total. The van der Waals surface area contributed by atoms with Crippen LogP contribution < -0.4 is 0 Å². The smallest absolute Gasteiger partial charge is 0.0138 e. The Morgan fingerprint density at radius 1 is 1.00 bits per heavy atom. The van der Waals surface area contributed by atoms with E-state index >= 15 is 0 Å². The van der Waals surface area contributed by atoms with Crippen LogP contribution in [-0.4, -0.2) is 25.0 Å². The Morgan fingerprint density at radius 3 is 2.12 bits per heavy atom. The summed E-state index contributed by atoms with van der Waals surface area (Å²) in [6, 6.07) is 11.4. The molecule has 90 valence electrons. The minimum absolute atomic E-state index is 0.523.